The van der Waals surface area contributed by atoms with Gasteiger partial charge in [-0.3, -0.25) is 0 Å². The van der Waals surface area contributed by atoms with Crippen molar-refractivity contribution in [2.24, 2.45) is 0 Å². The molecule has 1 rings (SSSR count). The van der Waals surface area contributed by atoms with E-state index in [-0.39, 0.29) is 18.0 Å². The molecule has 1 N–H and O–H groups in total. The van der Waals surface area contributed by atoms with Gasteiger partial charge in [0.15, 0.2) is 0 Å². The Morgan fingerprint density at radius 1 is 1.29 bits per heavy atom. The summed E-state index contributed by atoms with van der Waals surface area (Å²) >= 11 is 0. The minimum absolute atomic E-state index is 0.0203. The van der Waals surface area contributed by atoms with Crippen molar-refractivity contribution >= 4 is 0 Å². The maximum Gasteiger partial charge on any atom is 0.128 e. The molecule has 0 saturated carbocycles. The molecule has 1 aromatic carbocycles. The Morgan fingerprint density at radius 2 is 2.00 bits per heavy atom. The number of nitrogens with one attached hydrogen (secondary N) is 1. The van der Waals surface area contributed by atoms with Crippen LogP contribution in [0.4, 0.5) is 4.39 Å². The number of ether oxygens (including phenoxy) is 1. The topological polar surface area (TPSA) is 21.3 Å². The summed E-state index contributed by atoms with van der Waals surface area (Å²) in [6.07, 6.45) is 1.97. The van der Waals surface area contributed by atoms with E-state index in [0.717, 1.165) is 12.8 Å². The smallest absolute Gasteiger partial charge is 0.128 e. The largest absolute Gasteiger partial charge is 0.377 e. The van der Waals surface area contributed by atoms with Crippen LogP contribution in [0.1, 0.15) is 38.3 Å². The van der Waals surface area contributed by atoms with Crippen LogP contribution < -0.4 is 5.32 Å². The quantitative estimate of drug-likeness (QED) is 0.788. The third-order valence-corrected chi connectivity index (χ3v) is 2.88. The lowest BCUT2D eigenvalue weighted by molar-refractivity contribution is 0.0287. The molecule has 17 heavy (non-hydrogen) atoms. The first kappa shape index (κ1) is 14.1. The monoisotopic (exact) mass is 239 g/mol. The SMILES string of the molecule is CCCC(OCC)C(NC)c1ccccc1F. The second-order valence-electron chi connectivity index (χ2n) is 4.07. The fourth-order valence-electron chi connectivity index (χ4n) is 2.11. The fraction of sp³-hybridized carbons (Fsp3) is 0.571. The van der Waals surface area contributed by atoms with Gasteiger partial charge in [-0.1, -0.05) is 31.5 Å². The maximum atomic E-state index is 13.8. The van der Waals surface area contributed by atoms with Crippen LogP contribution in [0.2, 0.25) is 0 Å². The maximum absolute atomic E-state index is 13.8. The lowest BCUT2D eigenvalue weighted by atomic mass is 9.97. The summed E-state index contributed by atoms with van der Waals surface area (Å²) in [5.74, 6) is -0.173. The van der Waals surface area contributed by atoms with Crippen LogP contribution in [0.5, 0.6) is 0 Å². The molecule has 1 aromatic rings. The van der Waals surface area contributed by atoms with Gasteiger partial charge in [-0.25, -0.2) is 4.39 Å². The summed E-state index contributed by atoms with van der Waals surface area (Å²) in [6.45, 7) is 4.73. The molecular formula is C14H22FNO. The van der Waals surface area contributed by atoms with E-state index in [9.17, 15) is 4.39 Å². The van der Waals surface area contributed by atoms with Crippen LogP contribution >= 0.6 is 0 Å². The van der Waals surface area contributed by atoms with Gasteiger partial charge in [0, 0.05) is 12.2 Å². The Morgan fingerprint density at radius 3 is 2.53 bits per heavy atom. The van der Waals surface area contributed by atoms with Crippen molar-refractivity contribution in [2.45, 2.75) is 38.8 Å². The van der Waals surface area contributed by atoms with Crippen LogP contribution in [0.25, 0.3) is 0 Å². The molecule has 0 saturated heterocycles. The first-order valence-electron chi connectivity index (χ1n) is 6.27. The van der Waals surface area contributed by atoms with Crippen LogP contribution in [-0.2, 0) is 4.74 Å². The third kappa shape index (κ3) is 3.79. The van der Waals surface area contributed by atoms with Crippen molar-refractivity contribution in [1.82, 2.24) is 5.32 Å². The zero-order valence-electron chi connectivity index (χ0n) is 10.9. The highest BCUT2D eigenvalue weighted by molar-refractivity contribution is 5.22. The molecule has 2 unspecified atom stereocenters. The number of benzene rings is 1. The summed E-state index contributed by atoms with van der Waals surface area (Å²) in [5.41, 5.74) is 0.682. The van der Waals surface area contributed by atoms with E-state index in [1.807, 2.05) is 26.1 Å². The first-order chi connectivity index (χ1) is 8.24. The second kappa shape index (κ2) is 7.41. The van der Waals surface area contributed by atoms with Crippen LogP contribution in [0.3, 0.4) is 0 Å². The summed E-state index contributed by atoms with van der Waals surface area (Å²) in [6, 6.07) is 6.79. The normalized spacial score (nSPS) is 14.6. The fourth-order valence-corrected chi connectivity index (χ4v) is 2.11. The molecule has 0 aliphatic heterocycles. The van der Waals surface area contributed by atoms with Crippen molar-refractivity contribution < 1.29 is 9.13 Å². The predicted molar refractivity (Wildman–Crippen MR) is 68.5 cm³/mol. The summed E-state index contributed by atoms with van der Waals surface area (Å²) in [7, 11) is 1.85. The zero-order chi connectivity index (χ0) is 12.7. The molecule has 0 radical (unpaired) electrons. The molecule has 2 nitrogen and oxygen atoms in total. The Kier molecular flexibility index (Phi) is 6.16. The van der Waals surface area contributed by atoms with E-state index < -0.39 is 0 Å². The molecule has 0 amide bonds. The zero-order valence-corrected chi connectivity index (χ0v) is 10.9. The molecule has 3 heteroatoms. The highest BCUT2D eigenvalue weighted by atomic mass is 19.1. The van der Waals surface area contributed by atoms with E-state index in [4.69, 9.17) is 4.74 Å². The first-order valence-corrected chi connectivity index (χ1v) is 6.27. The molecular weight excluding hydrogens is 217 g/mol. The number of halogens is 1. The van der Waals surface area contributed by atoms with Gasteiger partial charge >= 0.3 is 0 Å². The highest BCUT2D eigenvalue weighted by Crippen LogP contribution is 2.24. The summed E-state index contributed by atoms with van der Waals surface area (Å²) < 4.78 is 19.5. The van der Waals surface area contributed by atoms with Gasteiger partial charge in [-0.15, -0.1) is 0 Å². The molecule has 0 spiro atoms. The van der Waals surface area contributed by atoms with E-state index in [1.54, 1.807) is 6.07 Å². The van der Waals surface area contributed by atoms with E-state index in [1.165, 1.54) is 6.07 Å². The molecule has 0 bridgehead atoms. The standard InChI is InChI=1S/C14H22FNO/c1-4-8-13(17-5-2)14(16-3)11-9-6-7-10-12(11)15/h6-7,9-10,13-14,16H,4-5,8H2,1-3H3. The van der Waals surface area contributed by atoms with Gasteiger partial charge in [0.25, 0.3) is 0 Å². The van der Waals surface area contributed by atoms with Crippen molar-refractivity contribution in [3.63, 3.8) is 0 Å². The van der Waals surface area contributed by atoms with Crippen LogP contribution in [-0.4, -0.2) is 19.8 Å². The minimum atomic E-state index is -0.173. The molecule has 0 aromatic heterocycles. The van der Waals surface area contributed by atoms with Crippen molar-refractivity contribution in [3.8, 4) is 0 Å². The number of hydrogen-bond donors (Lipinski definition) is 1. The Hall–Kier alpha value is -0.930. The molecule has 0 aliphatic carbocycles. The molecule has 0 fully saturated rings. The van der Waals surface area contributed by atoms with Crippen LogP contribution in [0.15, 0.2) is 24.3 Å². The Balaban J connectivity index is 2.91. The molecule has 2 atom stereocenters. The van der Waals surface area contributed by atoms with Gasteiger partial charge in [0.05, 0.1) is 12.1 Å². The molecule has 0 aliphatic rings. The van der Waals surface area contributed by atoms with Gasteiger partial charge in [-0.2, -0.15) is 0 Å². The Bertz CT molecular complexity index is 324. The minimum Gasteiger partial charge on any atom is -0.377 e. The summed E-state index contributed by atoms with van der Waals surface area (Å²) in [5, 5.41) is 3.16. The van der Waals surface area contributed by atoms with Crippen molar-refractivity contribution in [2.75, 3.05) is 13.7 Å². The van der Waals surface area contributed by atoms with Crippen LogP contribution in [0, 0.1) is 5.82 Å². The number of likely N-dealkylation sites (N-methyl/N-ethyl adjacent to an activating group) is 1. The average molecular weight is 239 g/mol. The number of rotatable bonds is 7. The second-order valence-corrected chi connectivity index (χ2v) is 4.07. The predicted octanol–water partition coefficient (Wildman–Crippen LogP) is 3.29. The van der Waals surface area contributed by atoms with Gasteiger partial charge in [-0.05, 0) is 26.5 Å². The highest BCUT2D eigenvalue weighted by Gasteiger charge is 2.23. The van der Waals surface area contributed by atoms with E-state index in [2.05, 4.69) is 12.2 Å². The lowest BCUT2D eigenvalue weighted by Gasteiger charge is -2.27. The molecule has 96 valence electrons. The van der Waals surface area contributed by atoms with Gasteiger partial charge in [0.1, 0.15) is 5.82 Å². The van der Waals surface area contributed by atoms with Crippen molar-refractivity contribution in [1.29, 1.82) is 0 Å². The number of hydrogen-bond acceptors (Lipinski definition) is 2. The third-order valence-electron chi connectivity index (χ3n) is 2.88. The van der Waals surface area contributed by atoms with E-state index in [0.29, 0.717) is 12.2 Å². The average Bonchev–Trinajstić information content (AvgIpc) is 2.33. The van der Waals surface area contributed by atoms with Gasteiger partial charge in [0.2, 0.25) is 0 Å². The van der Waals surface area contributed by atoms with Crippen molar-refractivity contribution in [3.05, 3.63) is 35.6 Å². The summed E-state index contributed by atoms with van der Waals surface area (Å²) in [4.78, 5) is 0. The van der Waals surface area contributed by atoms with E-state index >= 15 is 0 Å². The van der Waals surface area contributed by atoms with Gasteiger partial charge < -0.3 is 10.1 Å². The Labute approximate surface area is 103 Å². The lowest BCUT2D eigenvalue weighted by Crippen LogP contribution is -2.32. The molecule has 0 heterocycles.